The van der Waals surface area contributed by atoms with E-state index in [1.807, 2.05) is 6.92 Å². The van der Waals surface area contributed by atoms with Gasteiger partial charge >= 0.3 is 0 Å². The van der Waals surface area contributed by atoms with Crippen LogP contribution >= 0.6 is 24.0 Å². The first-order valence-electron chi connectivity index (χ1n) is 11.2. The van der Waals surface area contributed by atoms with Gasteiger partial charge in [-0.3, -0.25) is 4.79 Å². The van der Waals surface area contributed by atoms with E-state index in [0.29, 0.717) is 25.6 Å². The van der Waals surface area contributed by atoms with Gasteiger partial charge in [-0.1, -0.05) is 25.0 Å². The lowest BCUT2D eigenvalue weighted by Gasteiger charge is -2.15. The zero-order chi connectivity index (χ0) is 20.5. The van der Waals surface area contributed by atoms with Gasteiger partial charge in [0, 0.05) is 31.1 Å². The standard InChI is InChI=1S/C23H36N4O2.HI/c1-3-24-23(25-13-12-22(28)27-20-6-4-5-7-20)26-15-19-11-8-17(2)14-21(19)29-16-18-9-10-18;/h8,11,14,18,20H,3-7,9-10,12-13,15-16H2,1-2H3,(H,27,28)(H2,24,25,26);1H. The zero-order valence-electron chi connectivity index (χ0n) is 18.3. The van der Waals surface area contributed by atoms with Crippen molar-refractivity contribution in [2.75, 3.05) is 19.7 Å². The number of nitrogens with zero attached hydrogens (tertiary/aromatic N) is 1. The summed E-state index contributed by atoms with van der Waals surface area (Å²) in [7, 11) is 0. The fourth-order valence-corrected chi connectivity index (χ4v) is 3.59. The van der Waals surface area contributed by atoms with Crippen LogP contribution in [0, 0.1) is 12.8 Å². The number of halogens is 1. The largest absolute Gasteiger partial charge is 0.493 e. The summed E-state index contributed by atoms with van der Waals surface area (Å²) in [5.41, 5.74) is 2.29. The predicted molar refractivity (Wildman–Crippen MR) is 133 cm³/mol. The molecule has 0 radical (unpaired) electrons. The van der Waals surface area contributed by atoms with Crippen molar-refractivity contribution in [2.45, 2.75) is 71.4 Å². The van der Waals surface area contributed by atoms with E-state index < -0.39 is 0 Å². The van der Waals surface area contributed by atoms with Crippen LogP contribution in [0.3, 0.4) is 0 Å². The molecule has 0 bridgehead atoms. The fourth-order valence-electron chi connectivity index (χ4n) is 3.59. The number of aryl methyl sites for hydroxylation is 1. The summed E-state index contributed by atoms with van der Waals surface area (Å²) < 4.78 is 6.05. The van der Waals surface area contributed by atoms with Crippen LogP contribution in [0.1, 0.15) is 63.0 Å². The molecule has 3 rings (SSSR count). The van der Waals surface area contributed by atoms with E-state index in [4.69, 9.17) is 9.73 Å². The van der Waals surface area contributed by atoms with Gasteiger partial charge < -0.3 is 20.7 Å². The van der Waals surface area contributed by atoms with Crippen molar-refractivity contribution in [1.82, 2.24) is 16.0 Å². The minimum atomic E-state index is 0. The molecule has 1 aromatic carbocycles. The van der Waals surface area contributed by atoms with E-state index >= 15 is 0 Å². The summed E-state index contributed by atoms with van der Waals surface area (Å²) in [6.07, 6.45) is 7.71. The highest BCUT2D eigenvalue weighted by atomic mass is 127. The van der Waals surface area contributed by atoms with Gasteiger partial charge in [-0.25, -0.2) is 4.99 Å². The van der Waals surface area contributed by atoms with E-state index in [-0.39, 0.29) is 29.9 Å². The van der Waals surface area contributed by atoms with E-state index in [1.165, 1.54) is 31.2 Å². The zero-order valence-corrected chi connectivity index (χ0v) is 20.7. The molecule has 2 aliphatic carbocycles. The lowest BCUT2D eigenvalue weighted by molar-refractivity contribution is -0.121. The molecule has 0 aromatic heterocycles. The molecule has 0 aliphatic heterocycles. The van der Waals surface area contributed by atoms with Crippen molar-refractivity contribution in [2.24, 2.45) is 10.9 Å². The Morgan fingerprint density at radius 3 is 2.63 bits per heavy atom. The molecule has 2 aliphatic rings. The third kappa shape index (κ3) is 8.70. The van der Waals surface area contributed by atoms with Crippen molar-refractivity contribution in [3.63, 3.8) is 0 Å². The number of guanidine groups is 1. The van der Waals surface area contributed by atoms with Gasteiger partial charge in [0.15, 0.2) is 5.96 Å². The molecule has 2 saturated carbocycles. The maximum Gasteiger partial charge on any atom is 0.221 e. The third-order valence-electron chi connectivity index (χ3n) is 5.51. The Hall–Kier alpha value is -1.51. The fraction of sp³-hybridized carbons (Fsp3) is 0.652. The number of ether oxygens (including phenoxy) is 1. The van der Waals surface area contributed by atoms with Crippen molar-refractivity contribution in [1.29, 1.82) is 0 Å². The maximum absolute atomic E-state index is 12.1. The average molecular weight is 528 g/mol. The lowest BCUT2D eigenvalue weighted by atomic mass is 10.1. The Morgan fingerprint density at radius 2 is 1.93 bits per heavy atom. The highest BCUT2D eigenvalue weighted by Crippen LogP contribution is 2.31. The molecule has 30 heavy (non-hydrogen) atoms. The first-order chi connectivity index (χ1) is 14.1. The molecule has 0 heterocycles. The second kappa shape index (κ2) is 13.0. The molecule has 7 heteroatoms. The van der Waals surface area contributed by atoms with Crippen molar-refractivity contribution >= 4 is 35.8 Å². The van der Waals surface area contributed by atoms with Gasteiger partial charge in [0.2, 0.25) is 5.91 Å². The van der Waals surface area contributed by atoms with Crippen LogP contribution in [-0.2, 0) is 11.3 Å². The molecule has 0 unspecified atom stereocenters. The van der Waals surface area contributed by atoms with Crippen LogP contribution in [0.5, 0.6) is 5.75 Å². The topological polar surface area (TPSA) is 74.8 Å². The smallest absolute Gasteiger partial charge is 0.221 e. The molecule has 1 amide bonds. The monoisotopic (exact) mass is 528 g/mol. The molecule has 3 N–H and O–H groups in total. The molecule has 0 atom stereocenters. The van der Waals surface area contributed by atoms with E-state index in [0.717, 1.165) is 49.2 Å². The van der Waals surface area contributed by atoms with Crippen LogP contribution in [0.4, 0.5) is 0 Å². The minimum Gasteiger partial charge on any atom is -0.493 e. The number of aliphatic imine (C=N–C) groups is 1. The van der Waals surface area contributed by atoms with Crippen LogP contribution in [-0.4, -0.2) is 37.6 Å². The highest BCUT2D eigenvalue weighted by Gasteiger charge is 2.22. The van der Waals surface area contributed by atoms with Gasteiger partial charge in [-0.15, -0.1) is 24.0 Å². The molecule has 2 fully saturated rings. The minimum absolute atomic E-state index is 0. The van der Waals surface area contributed by atoms with Crippen molar-refractivity contribution in [3.05, 3.63) is 29.3 Å². The maximum atomic E-state index is 12.1. The SMILES string of the molecule is CCNC(=NCc1ccc(C)cc1OCC1CC1)NCCC(=O)NC1CCCC1.I. The number of nitrogens with one attached hydrogen (secondary N) is 3. The normalized spacial score (nSPS) is 16.7. The summed E-state index contributed by atoms with van der Waals surface area (Å²) in [4.78, 5) is 16.8. The Balaban J connectivity index is 0.00000320. The van der Waals surface area contributed by atoms with Crippen molar-refractivity contribution < 1.29 is 9.53 Å². The molecular formula is C23H37IN4O2. The number of carbonyl (C=O) groups excluding carboxylic acids is 1. The van der Waals surface area contributed by atoms with Gasteiger partial charge in [-0.2, -0.15) is 0 Å². The van der Waals surface area contributed by atoms with Crippen LogP contribution < -0.4 is 20.7 Å². The summed E-state index contributed by atoms with van der Waals surface area (Å²) in [6, 6.07) is 6.67. The summed E-state index contributed by atoms with van der Waals surface area (Å²) in [6.45, 7) is 6.82. The average Bonchev–Trinajstić information content (AvgIpc) is 3.40. The van der Waals surface area contributed by atoms with E-state index in [1.54, 1.807) is 0 Å². The summed E-state index contributed by atoms with van der Waals surface area (Å²) >= 11 is 0. The highest BCUT2D eigenvalue weighted by molar-refractivity contribution is 14.0. The van der Waals surface area contributed by atoms with Crippen molar-refractivity contribution in [3.8, 4) is 5.75 Å². The molecular weight excluding hydrogens is 491 g/mol. The number of rotatable bonds is 10. The molecule has 0 saturated heterocycles. The Morgan fingerprint density at radius 1 is 1.17 bits per heavy atom. The molecule has 6 nitrogen and oxygen atoms in total. The van der Waals surface area contributed by atoms with E-state index in [9.17, 15) is 4.79 Å². The Bertz CT molecular complexity index is 700. The van der Waals surface area contributed by atoms with Crippen LogP contribution in [0.2, 0.25) is 0 Å². The van der Waals surface area contributed by atoms with Crippen LogP contribution in [0.25, 0.3) is 0 Å². The third-order valence-corrected chi connectivity index (χ3v) is 5.51. The molecule has 1 aromatic rings. The van der Waals surface area contributed by atoms with Gasteiger partial charge in [0.1, 0.15) is 5.75 Å². The number of benzene rings is 1. The number of amides is 1. The Kier molecular flexibility index (Phi) is 10.7. The second-order valence-corrected chi connectivity index (χ2v) is 8.29. The number of hydrogen-bond acceptors (Lipinski definition) is 3. The molecule has 168 valence electrons. The first kappa shape index (κ1) is 24.8. The van der Waals surface area contributed by atoms with Gasteiger partial charge in [-0.05, 0) is 57.1 Å². The number of hydrogen-bond donors (Lipinski definition) is 3. The van der Waals surface area contributed by atoms with Gasteiger partial charge in [0.25, 0.3) is 0 Å². The quantitative estimate of drug-likeness (QED) is 0.245. The Labute approximate surface area is 198 Å². The predicted octanol–water partition coefficient (Wildman–Crippen LogP) is 3.91. The number of carbonyl (C=O) groups is 1. The second-order valence-electron chi connectivity index (χ2n) is 8.29. The van der Waals surface area contributed by atoms with Crippen LogP contribution in [0.15, 0.2) is 23.2 Å². The summed E-state index contributed by atoms with van der Waals surface area (Å²) in [5.74, 6) is 2.51. The van der Waals surface area contributed by atoms with Gasteiger partial charge in [0.05, 0.1) is 13.2 Å². The van der Waals surface area contributed by atoms with E-state index in [2.05, 4.69) is 41.1 Å². The lowest BCUT2D eigenvalue weighted by Crippen LogP contribution is -2.40. The first-order valence-corrected chi connectivity index (χ1v) is 11.2. The summed E-state index contributed by atoms with van der Waals surface area (Å²) in [5, 5.41) is 9.66. The molecule has 0 spiro atoms.